The predicted molar refractivity (Wildman–Crippen MR) is 85.2 cm³/mol. The van der Waals surface area contributed by atoms with Crippen molar-refractivity contribution in [2.24, 2.45) is 0 Å². The average Bonchev–Trinajstić information content (AvgIpc) is 3.18. The zero-order valence-corrected chi connectivity index (χ0v) is 12.8. The Bertz CT molecular complexity index is 801. The van der Waals surface area contributed by atoms with Crippen LogP contribution in [-0.4, -0.2) is 26.3 Å². The van der Waals surface area contributed by atoms with E-state index in [-0.39, 0.29) is 6.04 Å². The van der Waals surface area contributed by atoms with Crippen LogP contribution in [0.2, 0.25) is 0 Å². The summed E-state index contributed by atoms with van der Waals surface area (Å²) < 4.78 is 1.94. The normalized spacial score (nSPS) is 17.5. The lowest BCUT2D eigenvalue weighted by atomic mass is 9.91. The highest BCUT2D eigenvalue weighted by atomic mass is 15.3. The van der Waals surface area contributed by atoms with Crippen molar-refractivity contribution in [2.45, 2.75) is 26.3 Å². The maximum atomic E-state index is 4.55. The molecule has 22 heavy (non-hydrogen) atoms. The molecule has 3 heterocycles. The molecule has 5 heteroatoms. The van der Waals surface area contributed by atoms with E-state index in [0.29, 0.717) is 0 Å². The van der Waals surface area contributed by atoms with Crippen LogP contribution in [0.15, 0.2) is 36.9 Å². The summed E-state index contributed by atoms with van der Waals surface area (Å²) in [4.78, 5) is 7.82. The Morgan fingerprint density at radius 3 is 3.00 bits per heavy atom. The number of nitrogens with zero attached hydrogens (tertiary/aromatic N) is 3. The molecular formula is C17H19N5. The second-order valence-corrected chi connectivity index (χ2v) is 5.87. The van der Waals surface area contributed by atoms with Crippen molar-refractivity contribution in [3.63, 3.8) is 0 Å². The van der Waals surface area contributed by atoms with Crippen LogP contribution in [0.1, 0.15) is 34.1 Å². The van der Waals surface area contributed by atoms with Gasteiger partial charge in [-0.05, 0) is 37.1 Å². The molecule has 2 N–H and O–H groups in total. The third-order valence-electron chi connectivity index (χ3n) is 4.30. The van der Waals surface area contributed by atoms with Gasteiger partial charge in [0.1, 0.15) is 0 Å². The molecule has 0 radical (unpaired) electrons. The van der Waals surface area contributed by atoms with Gasteiger partial charge in [-0.3, -0.25) is 0 Å². The van der Waals surface area contributed by atoms with E-state index in [1.807, 2.05) is 23.1 Å². The summed E-state index contributed by atoms with van der Waals surface area (Å²) in [6, 6.07) is 6.48. The lowest BCUT2D eigenvalue weighted by Gasteiger charge is -2.27. The first-order valence-electron chi connectivity index (χ1n) is 7.60. The minimum atomic E-state index is 0.106. The van der Waals surface area contributed by atoms with Crippen molar-refractivity contribution in [1.82, 2.24) is 25.1 Å². The fourth-order valence-electron chi connectivity index (χ4n) is 3.39. The molecule has 1 aromatic carbocycles. The number of fused-ring (bicyclic) bond motifs is 1. The summed E-state index contributed by atoms with van der Waals surface area (Å²) in [5, 5.41) is 8.05. The minimum Gasteiger partial charge on any atom is -0.348 e. The van der Waals surface area contributed by atoms with E-state index in [4.69, 9.17) is 0 Å². The van der Waals surface area contributed by atoms with Crippen LogP contribution in [-0.2, 0) is 6.42 Å². The van der Waals surface area contributed by atoms with Crippen molar-refractivity contribution in [2.75, 3.05) is 6.54 Å². The van der Waals surface area contributed by atoms with Gasteiger partial charge in [0.25, 0.3) is 0 Å². The highest BCUT2D eigenvalue weighted by Crippen LogP contribution is 2.33. The van der Waals surface area contributed by atoms with Crippen LogP contribution in [0.5, 0.6) is 0 Å². The predicted octanol–water partition coefficient (Wildman–Crippen LogP) is 2.45. The molecule has 1 atom stereocenters. The van der Waals surface area contributed by atoms with Crippen LogP contribution in [0.4, 0.5) is 0 Å². The van der Waals surface area contributed by atoms with Gasteiger partial charge in [-0.2, -0.15) is 5.10 Å². The molecule has 2 aromatic heterocycles. The van der Waals surface area contributed by atoms with Crippen molar-refractivity contribution in [3.8, 4) is 5.69 Å². The van der Waals surface area contributed by atoms with Crippen LogP contribution in [0.25, 0.3) is 5.69 Å². The highest BCUT2D eigenvalue weighted by Gasteiger charge is 2.27. The number of hydrogen-bond acceptors (Lipinski definition) is 3. The summed E-state index contributed by atoms with van der Waals surface area (Å²) in [6.07, 6.45) is 6.59. The Morgan fingerprint density at radius 2 is 2.18 bits per heavy atom. The minimum absolute atomic E-state index is 0.106. The fourth-order valence-corrected chi connectivity index (χ4v) is 3.39. The topological polar surface area (TPSA) is 58.5 Å². The quantitative estimate of drug-likeness (QED) is 0.763. The van der Waals surface area contributed by atoms with Gasteiger partial charge >= 0.3 is 0 Å². The number of aromatic nitrogens is 4. The second kappa shape index (κ2) is 5.10. The van der Waals surface area contributed by atoms with E-state index in [1.54, 1.807) is 6.33 Å². The molecule has 1 aliphatic rings. The summed E-state index contributed by atoms with van der Waals surface area (Å²) >= 11 is 0. The van der Waals surface area contributed by atoms with E-state index in [1.165, 1.54) is 22.4 Å². The molecule has 0 fully saturated rings. The largest absolute Gasteiger partial charge is 0.348 e. The van der Waals surface area contributed by atoms with Crippen molar-refractivity contribution in [3.05, 3.63) is 65.0 Å². The smallest absolute Gasteiger partial charge is 0.0926 e. The maximum Gasteiger partial charge on any atom is 0.0926 e. The third-order valence-corrected chi connectivity index (χ3v) is 4.30. The Morgan fingerprint density at radius 1 is 1.27 bits per heavy atom. The van der Waals surface area contributed by atoms with E-state index in [2.05, 4.69) is 46.4 Å². The Labute approximate surface area is 129 Å². The SMILES string of the molecule is Cc1cc(C)c(C2NCCc3[nH]cnc32)c(-n2cccn2)c1. The second-order valence-electron chi connectivity index (χ2n) is 5.87. The number of aryl methyl sites for hydroxylation is 2. The molecule has 1 aliphatic heterocycles. The van der Waals surface area contributed by atoms with Gasteiger partial charge in [-0.1, -0.05) is 6.07 Å². The molecule has 4 rings (SSSR count). The average molecular weight is 293 g/mol. The molecule has 0 bridgehead atoms. The van der Waals surface area contributed by atoms with Crippen molar-refractivity contribution < 1.29 is 0 Å². The van der Waals surface area contributed by atoms with Gasteiger partial charge in [-0.15, -0.1) is 0 Å². The number of H-pyrrole nitrogens is 1. The summed E-state index contributed by atoms with van der Waals surface area (Å²) in [6.45, 7) is 5.24. The Balaban J connectivity index is 1.93. The number of aromatic amines is 1. The van der Waals surface area contributed by atoms with E-state index in [9.17, 15) is 0 Å². The summed E-state index contributed by atoms with van der Waals surface area (Å²) in [5.41, 5.74) is 7.21. The van der Waals surface area contributed by atoms with Crippen LogP contribution < -0.4 is 5.32 Å². The molecule has 1 unspecified atom stereocenters. The van der Waals surface area contributed by atoms with Crippen molar-refractivity contribution >= 4 is 0 Å². The Kier molecular flexibility index (Phi) is 3.08. The third kappa shape index (κ3) is 2.05. The van der Waals surface area contributed by atoms with E-state index >= 15 is 0 Å². The first kappa shape index (κ1) is 13.3. The number of hydrogen-bond donors (Lipinski definition) is 2. The summed E-state index contributed by atoms with van der Waals surface area (Å²) in [5.74, 6) is 0. The standard InChI is InChI=1S/C17H19N5/c1-11-8-12(2)15(14(9-11)22-7-3-5-21-22)17-16-13(4-6-18-17)19-10-20-16/h3,5,7-10,17-18H,4,6H2,1-2H3,(H,19,20). The lowest BCUT2D eigenvalue weighted by molar-refractivity contribution is 0.548. The number of rotatable bonds is 2. The zero-order chi connectivity index (χ0) is 15.1. The molecule has 3 aromatic rings. The van der Waals surface area contributed by atoms with Crippen LogP contribution in [0.3, 0.4) is 0 Å². The fraction of sp³-hybridized carbons (Fsp3) is 0.294. The lowest BCUT2D eigenvalue weighted by Crippen LogP contribution is -2.32. The van der Waals surface area contributed by atoms with Crippen LogP contribution >= 0.6 is 0 Å². The monoisotopic (exact) mass is 293 g/mol. The van der Waals surface area contributed by atoms with Gasteiger partial charge in [0, 0.05) is 36.6 Å². The highest BCUT2D eigenvalue weighted by molar-refractivity contribution is 5.52. The first-order valence-corrected chi connectivity index (χ1v) is 7.60. The van der Waals surface area contributed by atoms with E-state index < -0.39 is 0 Å². The van der Waals surface area contributed by atoms with Gasteiger partial charge in [0.05, 0.1) is 23.8 Å². The molecule has 0 spiro atoms. The summed E-state index contributed by atoms with van der Waals surface area (Å²) in [7, 11) is 0. The first-order chi connectivity index (χ1) is 10.7. The molecule has 0 amide bonds. The number of benzene rings is 1. The number of imidazole rings is 1. The zero-order valence-electron chi connectivity index (χ0n) is 12.8. The van der Waals surface area contributed by atoms with Gasteiger partial charge in [0.2, 0.25) is 0 Å². The van der Waals surface area contributed by atoms with Gasteiger partial charge in [0.15, 0.2) is 0 Å². The molecular weight excluding hydrogens is 274 g/mol. The van der Waals surface area contributed by atoms with Gasteiger partial charge in [-0.25, -0.2) is 9.67 Å². The number of nitrogens with one attached hydrogen (secondary N) is 2. The maximum absolute atomic E-state index is 4.55. The van der Waals surface area contributed by atoms with Gasteiger partial charge < -0.3 is 10.3 Å². The Hall–Kier alpha value is -2.40. The van der Waals surface area contributed by atoms with Crippen molar-refractivity contribution in [1.29, 1.82) is 0 Å². The molecule has 0 saturated heterocycles. The molecule has 112 valence electrons. The molecule has 0 aliphatic carbocycles. The molecule has 0 saturated carbocycles. The van der Waals surface area contributed by atoms with Crippen LogP contribution in [0, 0.1) is 13.8 Å². The van der Waals surface area contributed by atoms with E-state index in [0.717, 1.165) is 24.3 Å². The molecule has 5 nitrogen and oxygen atoms in total.